The van der Waals surface area contributed by atoms with E-state index in [4.69, 9.17) is 4.74 Å². The van der Waals surface area contributed by atoms with E-state index < -0.39 is 6.67 Å². The Hall–Kier alpha value is -2.09. The Morgan fingerprint density at radius 1 is 1.39 bits per heavy atom. The van der Waals surface area contributed by atoms with Crippen molar-refractivity contribution < 1.29 is 18.7 Å². The summed E-state index contributed by atoms with van der Waals surface area (Å²) in [6.45, 7) is 0.891. The van der Waals surface area contributed by atoms with Crippen molar-refractivity contribution in [1.29, 1.82) is 0 Å². The highest BCUT2D eigenvalue weighted by atomic mass is 19.1. The molecule has 8 heteroatoms. The highest BCUT2D eigenvalue weighted by Crippen LogP contribution is 2.35. The minimum absolute atomic E-state index is 0.0483. The van der Waals surface area contributed by atoms with E-state index in [-0.39, 0.29) is 36.2 Å². The van der Waals surface area contributed by atoms with Gasteiger partial charge in [0.2, 0.25) is 11.8 Å². The molecule has 3 rings (SSSR count). The van der Waals surface area contributed by atoms with Crippen LogP contribution in [0.2, 0.25) is 0 Å². The Balaban J connectivity index is 1.53. The molecule has 3 heterocycles. The van der Waals surface area contributed by atoms with Crippen molar-refractivity contribution in [3.63, 3.8) is 0 Å². The summed E-state index contributed by atoms with van der Waals surface area (Å²) in [5, 5.41) is 2.70. The first-order valence-corrected chi connectivity index (χ1v) is 7.68. The molecule has 0 aliphatic carbocycles. The number of nitrogens with zero attached hydrogens (tertiary/aromatic N) is 3. The lowest BCUT2D eigenvalue weighted by atomic mass is 9.90. The number of aromatic nitrogens is 2. The molecule has 1 N–H and O–H groups in total. The summed E-state index contributed by atoms with van der Waals surface area (Å²) < 4.78 is 18.0. The van der Waals surface area contributed by atoms with E-state index in [1.165, 1.54) is 18.6 Å². The fourth-order valence-corrected chi connectivity index (χ4v) is 3.25. The van der Waals surface area contributed by atoms with Gasteiger partial charge in [-0.15, -0.1) is 0 Å². The Bertz CT molecular complexity index is 571. The first-order valence-electron chi connectivity index (χ1n) is 7.68. The molecule has 0 aromatic carbocycles. The Morgan fingerprint density at radius 3 is 3.00 bits per heavy atom. The number of halogens is 1. The lowest BCUT2D eigenvalue weighted by Crippen LogP contribution is -2.31. The minimum atomic E-state index is -0.643. The standard InChI is InChI=1S/C15H19FN4O3/c16-2-1-15(22)20-7-11-10(9-23-12(11)8-20)5-14(21)19-13-6-17-3-4-18-13/h3-4,6,10-12H,1-2,5,7-9H2,(H,18,19,21)/t10-,11-,12-/m1/s1. The Labute approximate surface area is 133 Å². The van der Waals surface area contributed by atoms with Gasteiger partial charge < -0.3 is 15.0 Å². The summed E-state index contributed by atoms with van der Waals surface area (Å²) >= 11 is 0. The number of likely N-dealkylation sites (tertiary alicyclic amines) is 1. The maximum absolute atomic E-state index is 12.3. The topological polar surface area (TPSA) is 84.4 Å². The number of fused-ring (bicyclic) bond motifs is 1. The summed E-state index contributed by atoms with van der Waals surface area (Å²) in [6, 6.07) is 0. The number of amides is 2. The summed E-state index contributed by atoms with van der Waals surface area (Å²) in [7, 11) is 0. The normalized spacial score (nSPS) is 26.1. The third kappa shape index (κ3) is 3.64. The number of rotatable bonds is 5. The first-order chi connectivity index (χ1) is 11.2. The van der Waals surface area contributed by atoms with Gasteiger partial charge in [-0.2, -0.15) is 0 Å². The fourth-order valence-electron chi connectivity index (χ4n) is 3.25. The Kier molecular flexibility index (Phi) is 4.80. The molecule has 1 aromatic heterocycles. The largest absolute Gasteiger partial charge is 0.376 e. The van der Waals surface area contributed by atoms with Crippen LogP contribution in [-0.4, -0.2) is 59.2 Å². The van der Waals surface area contributed by atoms with Crippen LogP contribution in [-0.2, 0) is 14.3 Å². The molecule has 23 heavy (non-hydrogen) atoms. The molecule has 2 fully saturated rings. The molecule has 0 radical (unpaired) electrons. The summed E-state index contributed by atoms with van der Waals surface area (Å²) in [5.41, 5.74) is 0. The highest BCUT2D eigenvalue weighted by Gasteiger charge is 2.45. The van der Waals surface area contributed by atoms with E-state index in [0.717, 1.165) is 0 Å². The second-order valence-corrected chi connectivity index (χ2v) is 5.88. The fraction of sp³-hybridized carbons (Fsp3) is 0.600. The molecule has 2 aliphatic rings. The predicted octanol–water partition coefficient (Wildman–Crippen LogP) is 0.638. The van der Waals surface area contributed by atoms with Crippen molar-refractivity contribution in [2.24, 2.45) is 11.8 Å². The van der Waals surface area contributed by atoms with E-state index in [9.17, 15) is 14.0 Å². The van der Waals surface area contributed by atoms with Gasteiger partial charge in [-0.25, -0.2) is 4.98 Å². The van der Waals surface area contributed by atoms with Crippen LogP contribution in [0.4, 0.5) is 10.2 Å². The summed E-state index contributed by atoms with van der Waals surface area (Å²) in [6.07, 6.45) is 4.70. The highest BCUT2D eigenvalue weighted by molar-refractivity contribution is 5.89. The van der Waals surface area contributed by atoms with Crippen molar-refractivity contribution >= 4 is 17.6 Å². The van der Waals surface area contributed by atoms with Crippen molar-refractivity contribution in [3.8, 4) is 0 Å². The van der Waals surface area contributed by atoms with Gasteiger partial charge in [-0.05, 0) is 5.92 Å². The molecule has 2 saturated heterocycles. The summed E-state index contributed by atoms with van der Waals surface area (Å²) in [4.78, 5) is 33.4. The van der Waals surface area contributed by atoms with Crippen molar-refractivity contribution in [2.45, 2.75) is 18.9 Å². The van der Waals surface area contributed by atoms with Crippen LogP contribution >= 0.6 is 0 Å². The van der Waals surface area contributed by atoms with E-state index in [1.807, 2.05) is 0 Å². The summed E-state index contributed by atoms with van der Waals surface area (Å²) in [5.74, 6) is 0.270. The Morgan fingerprint density at radius 2 is 2.26 bits per heavy atom. The van der Waals surface area contributed by atoms with E-state index in [0.29, 0.717) is 31.9 Å². The van der Waals surface area contributed by atoms with Crippen LogP contribution in [0.25, 0.3) is 0 Å². The molecule has 7 nitrogen and oxygen atoms in total. The van der Waals surface area contributed by atoms with Gasteiger partial charge in [0.1, 0.15) is 0 Å². The molecule has 0 spiro atoms. The van der Waals surface area contributed by atoms with Crippen molar-refractivity contribution in [2.75, 3.05) is 31.7 Å². The number of carbonyl (C=O) groups excluding carboxylic acids is 2. The van der Waals surface area contributed by atoms with Gasteiger partial charge in [-0.3, -0.25) is 19.0 Å². The SMILES string of the molecule is O=C(C[C@@H]1CO[C@@H]2CN(C(=O)CCF)C[C@H]12)Nc1cnccn1. The monoisotopic (exact) mass is 322 g/mol. The third-order valence-corrected chi connectivity index (χ3v) is 4.38. The maximum Gasteiger partial charge on any atom is 0.225 e. The van der Waals surface area contributed by atoms with Crippen LogP contribution in [0, 0.1) is 11.8 Å². The van der Waals surface area contributed by atoms with Crippen LogP contribution in [0.5, 0.6) is 0 Å². The first kappa shape index (κ1) is 15.8. The molecular weight excluding hydrogens is 303 g/mol. The van der Waals surface area contributed by atoms with E-state index in [2.05, 4.69) is 15.3 Å². The number of nitrogens with one attached hydrogen (secondary N) is 1. The number of hydrogen-bond acceptors (Lipinski definition) is 5. The van der Waals surface area contributed by atoms with Crippen molar-refractivity contribution in [1.82, 2.24) is 14.9 Å². The number of hydrogen-bond donors (Lipinski definition) is 1. The lowest BCUT2D eigenvalue weighted by Gasteiger charge is -2.19. The smallest absolute Gasteiger partial charge is 0.225 e. The number of carbonyl (C=O) groups is 2. The second-order valence-electron chi connectivity index (χ2n) is 5.88. The number of alkyl halides is 1. The van der Waals surface area contributed by atoms with Crippen LogP contribution < -0.4 is 5.32 Å². The number of ether oxygens (including phenoxy) is 1. The zero-order valence-electron chi connectivity index (χ0n) is 12.7. The lowest BCUT2D eigenvalue weighted by molar-refractivity contribution is -0.131. The predicted molar refractivity (Wildman–Crippen MR) is 79.2 cm³/mol. The molecule has 1 aromatic rings. The zero-order valence-corrected chi connectivity index (χ0v) is 12.7. The molecule has 3 atom stereocenters. The van der Waals surface area contributed by atoms with Crippen LogP contribution in [0.1, 0.15) is 12.8 Å². The van der Waals surface area contributed by atoms with Crippen molar-refractivity contribution in [3.05, 3.63) is 18.6 Å². The van der Waals surface area contributed by atoms with Crippen LogP contribution in [0.3, 0.4) is 0 Å². The van der Waals surface area contributed by atoms with Gasteiger partial charge in [-0.1, -0.05) is 0 Å². The molecule has 0 unspecified atom stereocenters. The van der Waals surface area contributed by atoms with Gasteiger partial charge >= 0.3 is 0 Å². The molecule has 2 amide bonds. The third-order valence-electron chi connectivity index (χ3n) is 4.38. The zero-order chi connectivity index (χ0) is 16.2. The van der Waals surface area contributed by atoms with Gasteiger partial charge in [0.05, 0.1) is 32.0 Å². The molecular formula is C15H19FN4O3. The second kappa shape index (κ2) is 6.99. The quantitative estimate of drug-likeness (QED) is 0.860. The van der Waals surface area contributed by atoms with Gasteiger partial charge in [0.15, 0.2) is 5.82 Å². The maximum atomic E-state index is 12.3. The average Bonchev–Trinajstić information content (AvgIpc) is 3.11. The molecule has 0 saturated carbocycles. The molecule has 124 valence electrons. The molecule has 2 aliphatic heterocycles. The minimum Gasteiger partial charge on any atom is -0.376 e. The molecule has 0 bridgehead atoms. The van der Waals surface area contributed by atoms with E-state index >= 15 is 0 Å². The van der Waals surface area contributed by atoms with Gasteiger partial charge in [0.25, 0.3) is 0 Å². The number of anilines is 1. The van der Waals surface area contributed by atoms with Crippen LogP contribution in [0.15, 0.2) is 18.6 Å². The average molecular weight is 322 g/mol. The van der Waals surface area contributed by atoms with E-state index in [1.54, 1.807) is 4.90 Å². The van der Waals surface area contributed by atoms with Gasteiger partial charge in [0, 0.05) is 37.8 Å².